The molecule has 104 valence electrons. The third-order valence-corrected chi connectivity index (χ3v) is 5.10. The number of hydrogen-bond acceptors (Lipinski definition) is 4. The predicted molar refractivity (Wildman–Crippen MR) is 81.3 cm³/mol. The summed E-state index contributed by atoms with van der Waals surface area (Å²) in [7, 11) is 2.28. The zero-order valence-electron chi connectivity index (χ0n) is 11.7. The van der Waals surface area contributed by atoms with Crippen LogP contribution in [0, 0.1) is 0 Å². The molecule has 1 spiro atoms. The Morgan fingerprint density at radius 2 is 1.79 bits per heavy atom. The second kappa shape index (κ2) is 4.60. The molecule has 1 aromatic carbocycles. The van der Waals surface area contributed by atoms with Gasteiger partial charge in [-0.05, 0) is 51.4 Å². The lowest BCUT2D eigenvalue weighted by Gasteiger charge is -2.44. The smallest absolute Gasteiger partial charge is 0.0785 e. The van der Waals surface area contributed by atoms with E-state index < -0.39 is 0 Å². The summed E-state index contributed by atoms with van der Waals surface area (Å²) in [6.07, 6.45) is 5.16. The molecule has 2 fully saturated rings. The molecule has 0 atom stereocenters. The van der Waals surface area contributed by atoms with E-state index in [1.54, 1.807) is 0 Å². The Labute approximate surface area is 115 Å². The van der Waals surface area contributed by atoms with E-state index in [1.165, 1.54) is 32.2 Å². The largest absolute Gasteiger partial charge is 0.397 e. The van der Waals surface area contributed by atoms with Crippen LogP contribution in [0.4, 0.5) is 17.1 Å². The van der Waals surface area contributed by atoms with Crippen molar-refractivity contribution in [2.24, 2.45) is 0 Å². The van der Waals surface area contributed by atoms with E-state index in [4.69, 9.17) is 11.5 Å². The number of nitrogens with two attached hydrogens (primary N) is 2. The summed E-state index contributed by atoms with van der Waals surface area (Å²) in [6, 6.07) is 5.95. The molecule has 0 saturated carbocycles. The Hall–Kier alpha value is -1.42. The van der Waals surface area contributed by atoms with Gasteiger partial charge in [-0.15, -0.1) is 0 Å². The number of nitrogen functional groups attached to an aromatic ring is 2. The van der Waals surface area contributed by atoms with Gasteiger partial charge in [0.05, 0.1) is 17.1 Å². The van der Waals surface area contributed by atoms with Crippen molar-refractivity contribution in [1.82, 2.24) is 4.90 Å². The highest BCUT2D eigenvalue weighted by Crippen LogP contribution is 2.39. The first kappa shape index (κ1) is 12.6. The van der Waals surface area contributed by atoms with Gasteiger partial charge in [0.1, 0.15) is 0 Å². The number of para-hydroxylation sites is 1. The quantitative estimate of drug-likeness (QED) is 0.757. The lowest BCUT2D eigenvalue weighted by Crippen LogP contribution is -2.50. The van der Waals surface area contributed by atoms with Crippen LogP contribution in [0.25, 0.3) is 0 Å². The second-order valence-corrected chi connectivity index (χ2v) is 6.02. The Morgan fingerprint density at radius 3 is 2.42 bits per heavy atom. The maximum absolute atomic E-state index is 6.11. The van der Waals surface area contributed by atoms with Gasteiger partial charge in [0.15, 0.2) is 0 Å². The molecule has 4 heteroatoms. The number of anilines is 3. The molecule has 4 nitrogen and oxygen atoms in total. The van der Waals surface area contributed by atoms with E-state index in [-0.39, 0.29) is 0 Å². The van der Waals surface area contributed by atoms with E-state index in [2.05, 4.69) is 22.9 Å². The lowest BCUT2D eigenvalue weighted by atomic mass is 9.85. The standard InChI is InChI=1S/C15H24N4/c1-18-9-3-6-15(18)7-10-19(11-8-15)13-5-2-4-12(16)14(13)17/h2,4-5H,3,6-11,16-17H2,1H3. The van der Waals surface area contributed by atoms with Gasteiger partial charge >= 0.3 is 0 Å². The van der Waals surface area contributed by atoms with Crippen molar-refractivity contribution in [3.63, 3.8) is 0 Å². The molecule has 2 heterocycles. The fourth-order valence-electron chi connectivity index (χ4n) is 3.72. The van der Waals surface area contributed by atoms with Gasteiger partial charge in [0, 0.05) is 18.6 Å². The third kappa shape index (κ3) is 2.04. The van der Waals surface area contributed by atoms with E-state index in [0.29, 0.717) is 11.2 Å². The first-order valence-corrected chi connectivity index (χ1v) is 7.23. The van der Waals surface area contributed by atoms with Gasteiger partial charge in [0.25, 0.3) is 0 Å². The minimum absolute atomic E-state index is 0.450. The second-order valence-electron chi connectivity index (χ2n) is 6.02. The fraction of sp³-hybridized carbons (Fsp3) is 0.600. The zero-order valence-corrected chi connectivity index (χ0v) is 11.7. The number of piperidine rings is 1. The van der Waals surface area contributed by atoms with Gasteiger partial charge in [-0.3, -0.25) is 0 Å². The molecule has 19 heavy (non-hydrogen) atoms. The monoisotopic (exact) mass is 260 g/mol. The molecule has 0 unspecified atom stereocenters. The van der Waals surface area contributed by atoms with Crippen LogP contribution >= 0.6 is 0 Å². The summed E-state index contributed by atoms with van der Waals surface area (Å²) < 4.78 is 0. The van der Waals surface area contributed by atoms with E-state index in [9.17, 15) is 0 Å². The van der Waals surface area contributed by atoms with Crippen molar-refractivity contribution in [2.45, 2.75) is 31.2 Å². The highest BCUT2D eigenvalue weighted by Gasteiger charge is 2.41. The van der Waals surface area contributed by atoms with E-state index in [0.717, 1.165) is 24.5 Å². The van der Waals surface area contributed by atoms with Crippen LogP contribution in [-0.4, -0.2) is 37.1 Å². The van der Waals surface area contributed by atoms with E-state index in [1.807, 2.05) is 12.1 Å². The van der Waals surface area contributed by atoms with Crippen molar-refractivity contribution in [3.05, 3.63) is 18.2 Å². The maximum Gasteiger partial charge on any atom is 0.0785 e. The molecule has 2 aliphatic rings. The Morgan fingerprint density at radius 1 is 1.05 bits per heavy atom. The molecule has 0 radical (unpaired) electrons. The minimum atomic E-state index is 0.450. The van der Waals surface area contributed by atoms with Crippen LogP contribution in [0.15, 0.2) is 18.2 Å². The molecule has 0 amide bonds. The first-order valence-electron chi connectivity index (χ1n) is 7.23. The van der Waals surface area contributed by atoms with Gasteiger partial charge in [-0.2, -0.15) is 0 Å². The summed E-state index contributed by atoms with van der Waals surface area (Å²) in [6.45, 7) is 3.41. The topological polar surface area (TPSA) is 58.5 Å². The molecular weight excluding hydrogens is 236 g/mol. The van der Waals surface area contributed by atoms with Crippen molar-refractivity contribution in [2.75, 3.05) is 43.0 Å². The van der Waals surface area contributed by atoms with Crippen molar-refractivity contribution < 1.29 is 0 Å². The van der Waals surface area contributed by atoms with Gasteiger partial charge in [0.2, 0.25) is 0 Å². The summed E-state index contributed by atoms with van der Waals surface area (Å²) in [4.78, 5) is 4.95. The van der Waals surface area contributed by atoms with Gasteiger partial charge in [-0.25, -0.2) is 0 Å². The molecule has 0 bridgehead atoms. The van der Waals surface area contributed by atoms with Crippen molar-refractivity contribution >= 4 is 17.1 Å². The molecule has 2 saturated heterocycles. The molecule has 2 aliphatic heterocycles. The normalized spacial score (nSPS) is 23.1. The van der Waals surface area contributed by atoms with Crippen LogP contribution in [0.1, 0.15) is 25.7 Å². The molecule has 0 aromatic heterocycles. The molecule has 4 N–H and O–H groups in total. The summed E-state index contributed by atoms with van der Waals surface area (Å²) >= 11 is 0. The summed E-state index contributed by atoms with van der Waals surface area (Å²) in [5.41, 5.74) is 15.0. The van der Waals surface area contributed by atoms with Gasteiger partial charge in [-0.1, -0.05) is 6.07 Å². The number of rotatable bonds is 1. The Bertz CT molecular complexity index is 463. The Kier molecular flexibility index (Phi) is 3.05. The van der Waals surface area contributed by atoms with Gasteiger partial charge < -0.3 is 21.3 Å². The molecule has 0 aliphatic carbocycles. The Balaban J connectivity index is 1.75. The SMILES string of the molecule is CN1CCCC12CCN(c1cccc(N)c1N)CC2. The van der Waals surface area contributed by atoms with Crippen molar-refractivity contribution in [1.29, 1.82) is 0 Å². The molecule has 3 rings (SSSR count). The molecule has 1 aromatic rings. The fourth-order valence-corrected chi connectivity index (χ4v) is 3.72. The number of nitrogens with zero attached hydrogens (tertiary/aromatic N) is 2. The summed E-state index contributed by atoms with van der Waals surface area (Å²) in [5, 5.41) is 0. The third-order valence-electron chi connectivity index (χ3n) is 5.10. The van der Waals surface area contributed by atoms with Crippen LogP contribution in [0.5, 0.6) is 0 Å². The number of likely N-dealkylation sites (tertiary alicyclic amines) is 1. The average Bonchev–Trinajstić information content (AvgIpc) is 2.76. The van der Waals surface area contributed by atoms with E-state index >= 15 is 0 Å². The highest BCUT2D eigenvalue weighted by molar-refractivity contribution is 5.79. The predicted octanol–water partition coefficient (Wildman–Crippen LogP) is 1.92. The maximum atomic E-state index is 6.11. The average molecular weight is 260 g/mol. The summed E-state index contributed by atoms with van der Waals surface area (Å²) in [5.74, 6) is 0. The van der Waals surface area contributed by atoms with Crippen LogP contribution in [-0.2, 0) is 0 Å². The minimum Gasteiger partial charge on any atom is -0.397 e. The first-order chi connectivity index (χ1) is 9.12. The van der Waals surface area contributed by atoms with Crippen LogP contribution in [0.3, 0.4) is 0 Å². The highest BCUT2D eigenvalue weighted by atomic mass is 15.2. The zero-order chi connectivity index (χ0) is 13.5. The lowest BCUT2D eigenvalue weighted by molar-refractivity contribution is 0.137. The van der Waals surface area contributed by atoms with Crippen LogP contribution in [0.2, 0.25) is 0 Å². The van der Waals surface area contributed by atoms with Crippen molar-refractivity contribution in [3.8, 4) is 0 Å². The number of benzene rings is 1. The number of hydrogen-bond donors (Lipinski definition) is 2. The van der Waals surface area contributed by atoms with Crippen LogP contribution < -0.4 is 16.4 Å². The molecular formula is C15H24N4.